The van der Waals surface area contributed by atoms with Crippen LogP contribution in [0.3, 0.4) is 0 Å². The van der Waals surface area contributed by atoms with Gasteiger partial charge in [-0.15, -0.1) is 0 Å². The summed E-state index contributed by atoms with van der Waals surface area (Å²) in [6, 6.07) is 15.7. The molecule has 2 N–H and O–H groups in total. The standard InChI is InChI=1S/C15H14N2O2/c1-19-14-8-4-12(5-9-14)17-15(10-16)11-2-6-13(18)7-3-11/h2-9,15,17-18H,1H3. The van der Waals surface area contributed by atoms with Crippen LogP contribution in [-0.2, 0) is 0 Å². The maximum Gasteiger partial charge on any atom is 0.140 e. The minimum absolute atomic E-state index is 0.185. The van der Waals surface area contributed by atoms with Crippen molar-refractivity contribution in [3.8, 4) is 17.6 Å². The fourth-order valence-electron chi connectivity index (χ4n) is 1.71. The van der Waals surface area contributed by atoms with Gasteiger partial charge in [0.1, 0.15) is 17.5 Å². The number of ether oxygens (including phenoxy) is 1. The number of benzene rings is 2. The van der Waals surface area contributed by atoms with Crippen LogP contribution in [0, 0.1) is 11.3 Å². The van der Waals surface area contributed by atoms with Gasteiger partial charge in [-0.1, -0.05) is 12.1 Å². The molecule has 4 nitrogen and oxygen atoms in total. The first-order valence-corrected chi connectivity index (χ1v) is 5.82. The number of hydrogen-bond acceptors (Lipinski definition) is 4. The topological polar surface area (TPSA) is 65.3 Å². The second-order valence-electron chi connectivity index (χ2n) is 4.03. The van der Waals surface area contributed by atoms with E-state index in [4.69, 9.17) is 4.74 Å². The average molecular weight is 254 g/mol. The van der Waals surface area contributed by atoms with E-state index in [9.17, 15) is 10.4 Å². The molecule has 2 aromatic carbocycles. The Morgan fingerprint density at radius 3 is 2.26 bits per heavy atom. The van der Waals surface area contributed by atoms with Crippen molar-refractivity contribution in [1.29, 1.82) is 5.26 Å². The molecule has 2 rings (SSSR count). The fraction of sp³-hybridized carbons (Fsp3) is 0.133. The Kier molecular flexibility index (Phi) is 3.89. The van der Waals surface area contributed by atoms with Crippen LogP contribution in [0.4, 0.5) is 5.69 Å². The number of rotatable bonds is 4. The highest BCUT2D eigenvalue weighted by atomic mass is 16.5. The monoisotopic (exact) mass is 254 g/mol. The van der Waals surface area contributed by atoms with Gasteiger partial charge in [-0.05, 0) is 42.0 Å². The second-order valence-corrected chi connectivity index (χ2v) is 4.03. The van der Waals surface area contributed by atoms with Gasteiger partial charge in [-0.2, -0.15) is 5.26 Å². The van der Waals surface area contributed by atoms with Crippen molar-refractivity contribution in [3.05, 3.63) is 54.1 Å². The van der Waals surface area contributed by atoms with Gasteiger partial charge in [0, 0.05) is 5.69 Å². The van der Waals surface area contributed by atoms with E-state index in [1.807, 2.05) is 24.3 Å². The number of methoxy groups -OCH3 is 1. The Balaban J connectivity index is 2.14. The molecule has 0 saturated heterocycles. The molecule has 0 amide bonds. The summed E-state index contributed by atoms with van der Waals surface area (Å²) < 4.78 is 5.08. The molecule has 0 aliphatic heterocycles. The molecule has 0 heterocycles. The largest absolute Gasteiger partial charge is 0.508 e. The molecule has 96 valence electrons. The lowest BCUT2D eigenvalue weighted by atomic mass is 10.1. The van der Waals surface area contributed by atoms with Crippen molar-refractivity contribution in [2.24, 2.45) is 0 Å². The van der Waals surface area contributed by atoms with Crippen LogP contribution in [0.25, 0.3) is 0 Å². The molecule has 0 spiro atoms. The van der Waals surface area contributed by atoms with E-state index in [1.165, 1.54) is 0 Å². The second kappa shape index (κ2) is 5.78. The lowest BCUT2D eigenvalue weighted by Gasteiger charge is -2.13. The zero-order valence-corrected chi connectivity index (χ0v) is 10.5. The van der Waals surface area contributed by atoms with Gasteiger partial charge in [-0.25, -0.2) is 0 Å². The molecule has 0 aliphatic rings. The highest BCUT2D eigenvalue weighted by Gasteiger charge is 2.10. The Bertz CT molecular complexity index is 571. The third-order valence-corrected chi connectivity index (χ3v) is 2.76. The van der Waals surface area contributed by atoms with Gasteiger partial charge in [0.15, 0.2) is 0 Å². The number of hydrogen-bond donors (Lipinski definition) is 2. The van der Waals surface area contributed by atoms with E-state index < -0.39 is 6.04 Å². The fourth-order valence-corrected chi connectivity index (χ4v) is 1.71. The van der Waals surface area contributed by atoms with Crippen molar-refractivity contribution < 1.29 is 9.84 Å². The smallest absolute Gasteiger partial charge is 0.140 e. The molecular formula is C15H14N2O2. The van der Waals surface area contributed by atoms with Crippen LogP contribution in [0.15, 0.2) is 48.5 Å². The summed E-state index contributed by atoms with van der Waals surface area (Å²) >= 11 is 0. The number of aromatic hydroxyl groups is 1. The molecular weight excluding hydrogens is 240 g/mol. The molecule has 0 radical (unpaired) electrons. The van der Waals surface area contributed by atoms with Crippen molar-refractivity contribution in [2.75, 3.05) is 12.4 Å². The quantitative estimate of drug-likeness (QED) is 0.880. The summed E-state index contributed by atoms with van der Waals surface area (Å²) in [5.74, 6) is 0.952. The third kappa shape index (κ3) is 3.17. The number of nitrogens with one attached hydrogen (secondary N) is 1. The normalized spacial score (nSPS) is 11.4. The van der Waals surface area contributed by atoms with Crippen LogP contribution < -0.4 is 10.1 Å². The van der Waals surface area contributed by atoms with Gasteiger partial charge in [0.2, 0.25) is 0 Å². The molecule has 1 atom stereocenters. The first-order chi connectivity index (χ1) is 9.22. The Hall–Kier alpha value is -2.67. The van der Waals surface area contributed by atoms with E-state index in [1.54, 1.807) is 31.4 Å². The Morgan fingerprint density at radius 1 is 1.11 bits per heavy atom. The van der Waals surface area contributed by atoms with Gasteiger partial charge >= 0.3 is 0 Å². The highest BCUT2D eigenvalue weighted by Crippen LogP contribution is 2.22. The van der Waals surface area contributed by atoms with Crippen LogP contribution in [0.5, 0.6) is 11.5 Å². The summed E-state index contributed by atoms with van der Waals surface area (Å²) in [5, 5.41) is 21.6. The number of phenols is 1. The predicted molar refractivity (Wildman–Crippen MR) is 73.1 cm³/mol. The van der Waals surface area contributed by atoms with Gasteiger partial charge in [0.05, 0.1) is 13.2 Å². The summed E-state index contributed by atoms with van der Waals surface area (Å²) in [5.41, 5.74) is 1.64. The lowest BCUT2D eigenvalue weighted by molar-refractivity contribution is 0.415. The maximum atomic E-state index is 9.24. The van der Waals surface area contributed by atoms with Crippen LogP contribution in [0.2, 0.25) is 0 Å². The van der Waals surface area contributed by atoms with E-state index in [0.717, 1.165) is 17.0 Å². The average Bonchev–Trinajstić information content (AvgIpc) is 2.46. The Morgan fingerprint density at radius 2 is 1.74 bits per heavy atom. The number of nitriles is 1. The summed E-state index contributed by atoms with van der Waals surface area (Å²) in [6.45, 7) is 0. The molecule has 0 fully saturated rings. The summed E-state index contributed by atoms with van der Waals surface area (Å²) in [4.78, 5) is 0. The van der Waals surface area contributed by atoms with Crippen molar-refractivity contribution in [2.45, 2.75) is 6.04 Å². The molecule has 2 aromatic rings. The zero-order chi connectivity index (χ0) is 13.7. The van der Waals surface area contributed by atoms with Crippen LogP contribution >= 0.6 is 0 Å². The Labute approximate surface area is 111 Å². The van der Waals surface area contributed by atoms with Gasteiger partial charge in [0.25, 0.3) is 0 Å². The third-order valence-electron chi connectivity index (χ3n) is 2.76. The molecule has 0 aromatic heterocycles. The SMILES string of the molecule is COc1ccc(NC(C#N)c2ccc(O)cc2)cc1. The van der Waals surface area contributed by atoms with Gasteiger partial charge < -0.3 is 15.2 Å². The van der Waals surface area contributed by atoms with Gasteiger partial charge in [-0.3, -0.25) is 0 Å². The highest BCUT2D eigenvalue weighted by molar-refractivity contribution is 5.50. The molecule has 0 aliphatic carbocycles. The maximum absolute atomic E-state index is 9.24. The van der Waals surface area contributed by atoms with E-state index in [-0.39, 0.29) is 5.75 Å². The molecule has 4 heteroatoms. The van der Waals surface area contributed by atoms with Crippen molar-refractivity contribution in [3.63, 3.8) is 0 Å². The molecule has 1 unspecified atom stereocenters. The van der Waals surface area contributed by atoms with Crippen molar-refractivity contribution >= 4 is 5.69 Å². The van der Waals surface area contributed by atoms with E-state index in [0.29, 0.717) is 0 Å². The molecule has 0 saturated carbocycles. The summed E-state index contributed by atoms with van der Waals surface area (Å²) in [7, 11) is 1.61. The minimum Gasteiger partial charge on any atom is -0.508 e. The van der Waals surface area contributed by atoms with Crippen LogP contribution in [-0.4, -0.2) is 12.2 Å². The number of nitrogens with zero attached hydrogens (tertiary/aromatic N) is 1. The van der Waals surface area contributed by atoms with Crippen molar-refractivity contribution in [1.82, 2.24) is 0 Å². The number of phenolic OH excluding ortho intramolecular Hbond substituents is 1. The van der Waals surface area contributed by atoms with Crippen LogP contribution in [0.1, 0.15) is 11.6 Å². The lowest BCUT2D eigenvalue weighted by Crippen LogP contribution is -2.08. The first kappa shape index (κ1) is 12.8. The van der Waals surface area contributed by atoms with E-state index >= 15 is 0 Å². The van der Waals surface area contributed by atoms with E-state index in [2.05, 4.69) is 11.4 Å². The minimum atomic E-state index is -0.464. The summed E-state index contributed by atoms with van der Waals surface area (Å²) in [6.07, 6.45) is 0. The molecule has 0 bridgehead atoms. The number of anilines is 1. The molecule has 19 heavy (non-hydrogen) atoms. The predicted octanol–water partition coefficient (Wildman–Crippen LogP) is 3.08. The first-order valence-electron chi connectivity index (χ1n) is 5.82. The zero-order valence-electron chi connectivity index (χ0n) is 10.5.